The van der Waals surface area contributed by atoms with Crippen LogP contribution in [0.4, 0.5) is 0 Å². The van der Waals surface area contributed by atoms with Gasteiger partial charge in [0.1, 0.15) is 11.7 Å². The van der Waals surface area contributed by atoms with Gasteiger partial charge in [-0.1, -0.05) is 18.9 Å². The van der Waals surface area contributed by atoms with Crippen LogP contribution in [-0.4, -0.2) is 39.4 Å². The van der Waals surface area contributed by atoms with Crippen LogP contribution in [0, 0.1) is 5.92 Å². The molecule has 1 aliphatic heterocycles. The molecule has 2 aliphatic rings. The lowest BCUT2D eigenvalue weighted by molar-refractivity contribution is -0.146. The molecule has 0 amide bonds. The molecule has 2 aromatic heterocycles. The molecule has 132 valence electrons. The molecule has 1 saturated heterocycles. The van der Waals surface area contributed by atoms with Crippen LogP contribution in [0.1, 0.15) is 37.8 Å². The molecule has 2 fully saturated rings. The molecule has 3 heterocycles. The first-order chi connectivity index (χ1) is 12.2. The fourth-order valence-electron chi connectivity index (χ4n) is 4.52. The second kappa shape index (κ2) is 6.59. The van der Waals surface area contributed by atoms with E-state index in [1.807, 2.05) is 18.2 Å². The highest BCUT2D eigenvalue weighted by atomic mass is 16.5. The van der Waals surface area contributed by atoms with E-state index in [-0.39, 0.29) is 17.6 Å². The quantitative estimate of drug-likeness (QED) is 0.799. The zero-order valence-electron chi connectivity index (χ0n) is 14.4. The minimum atomic E-state index is -0.228. The highest BCUT2D eigenvalue weighted by Crippen LogP contribution is 2.40. The predicted molar refractivity (Wildman–Crippen MR) is 93.2 cm³/mol. The number of methoxy groups -OCH3 is 1. The fraction of sp³-hybridized carbons (Fsp3) is 0.526. The van der Waals surface area contributed by atoms with E-state index >= 15 is 0 Å². The lowest BCUT2D eigenvalue weighted by atomic mass is 9.85. The Morgan fingerprint density at radius 3 is 3.00 bits per heavy atom. The zero-order chi connectivity index (χ0) is 17.4. The summed E-state index contributed by atoms with van der Waals surface area (Å²) < 4.78 is 6.57. The van der Waals surface area contributed by atoms with Gasteiger partial charge in [-0.05, 0) is 37.3 Å². The normalized spacial score (nSPS) is 26.5. The first-order valence-electron chi connectivity index (χ1n) is 8.98. The lowest BCUT2D eigenvalue weighted by Crippen LogP contribution is -2.42. The van der Waals surface area contributed by atoms with E-state index < -0.39 is 0 Å². The third-order valence-electron chi connectivity index (χ3n) is 5.66. The number of pyridine rings is 1. The summed E-state index contributed by atoms with van der Waals surface area (Å²) in [7, 11) is 1.45. The second-order valence-electron chi connectivity index (χ2n) is 7.07. The third-order valence-corrected chi connectivity index (χ3v) is 5.66. The molecule has 0 unspecified atom stereocenters. The molecule has 25 heavy (non-hydrogen) atoms. The summed E-state index contributed by atoms with van der Waals surface area (Å²) in [6, 6.07) is 7.25. The average molecular weight is 341 g/mol. The summed E-state index contributed by atoms with van der Waals surface area (Å²) in [4.78, 5) is 31.5. The summed E-state index contributed by atoms with van der Waals surface area (Å²) in [6.45, 7) is 0.515. The average Bonchev–Trinajstić information content (AvgIpc) is 3.00. The molecular weight excluding hydrogens is 318 g/mol. The number of fused-ring (bicyclic) bond motifs is 2. The Bertz CT molecular complexity index is 847. The SMILES string of the molecule is COC(=O)[C@@H]1C[C@H]2CCCC[C@H]2N1Cc1cc(=O)n2ccccc2n1. The van der Waals surface area contributed by atoms with Crippen molar-refractivity contribution in [1.29, 1.82) is 0 Å². The number of carbonyl (C=O) groups is 1. The summed E-state index contributed by atoms with van der Waals surface area (Å²) in [5.74, 6) is 0.367. The molecule has 0 N–H and O–H groups in total. The van der Waals surface area contributed by atoms with E-state index in [4.69, 9.17) is 4.74 Å². The van der Waals surface area contributed by atoms with Crippen molar-refractivity contribution in [3.63, 3.8) is 0 Å². The van der Waals surface area contributed by atoms with Crippen molar-refractivity contribution >= 4 is 11.6 Å². The number of ether oxygens (including phenoxy) is 1. The van der Waals surface area contributed by atoms with Crippen molar-refractivity contribution < 1.29 is 9.53 Å². The van der Waals surface area contributed by atoms with Crippen molar-refractivity contribution in [2.45, 2.75) is 50.7 Å². The van der Waals surface area contributed by atoms with E-state index in [1.165, 1.54) is 30.8 Å². The first kappa shape index (κ1) is 16.3. The molecule has 2 aromatic rings. The van der Waals surface area contributed by atoms with E-state index in [0.29, 0.717) is 24.2 Å². The number of nitrogens with zero attached hydrogens (tertiary/aromatic N) is 3. The number of hydrogen-bond donors (Lipinski definition) is 0. The maximum atomic E-state index is 12.3. The van der Waals surface area contributed by atoms with E-state index in [1.54, 1.807) is 12.3 Å². The maximum absolute atomic E-state index is 12.3. The van der Waals surface area contributed by atoms with Gasteiger partial charge in [0.15, 0.2) is 0 Å². The lowest BCUT2D eigenvalue weighted by Gasteiger charge is -2.32. The van der Waals surface area contributed by atoms with Gasteiger partial charge in [-0.25, -0.2) is 4.98 Å². The van der Waals surface area contributed by atoms with Gasteiger partial charge in [0.05, 0.1) is 12.8 Å². The largest absolute Gasteiger partial charge is 0.468 e. The van der Waals surface area contributed by atoms with Gasteiger partial charge in [0.2, 0.25) is 0 Å². The first-order valence-corrected chi connectivity index (χ1v) is 8.98. The molecule has 0 bridgehead atoms. The molecule has 0 aromatic carbocycles. The Morgan fingerprint density at radius 2 is 2.16 bits per heavy atom. The van der Waals surface area contributed by atoms with Gasteiger partial charge in [0, 0.05) is 24.8 Å². The summed E-state index contributed by atoms with van der Waals surface area (Å²) >= 11 is 0. The summed E-state index contributed by atoms with van der Waals surface area (Å²) in [5, 5.41) is 0. The van der Waals surface area contributed by atoms with Crippen LogP contribution < -0.4 is 5.56 Å². The van der Waals surface area contributed by atoms with Crippen LogP contribution in [0.25, 0.3) is 5.65 Å². The number of esters is 1. The molecule has 1 aliphatic carbocycles. The van der Waals surface area contributed by atoms with E-state index in [0.717, 1.165) is 18.5 Å². The van der Waals surface area contributed by atoms with Crippen LogP contribution in [0.2, 0.25) is 0 Å². The van der Waals surface area contributed by atoms with Gasteiger partial charge in [-0.3, -0.25) is 18.9 Å². The molecule has 6 heteroatoms. The smallest absolute Gasteiger partial charge is 0.323 e. The molecule has 0 radical (unpaired) electrons. The van der Waals surface area contributed by atoms with Crippen molar-refractivity contribution in [3.8, 4) is 0 Å². The molecule has 0 spiro atoms. The summed E-state index contributed by atoms with van der Waals surface area (Å²) in [5.41, 5.74) is 1.27. The predicted octanol–water partition coefficient (Wildman–Crippen LogP) is 2.00. The monoisotopic (exact) mass is 341 g/mol. The fourth-order valence-corrected chi connectivity index (χ4v) is 4.52. The Balaban J connectivity index is 1.67. The second-order valence-corrected chi connectivity index (χ2v) is 7.07. The van der Waals surface area contributed by atoms with Crippen molar-refractivity contribution in [2.24, 2.45) is 5.92 Å². The van der Waals surface area contributed by atoms with Crippen LogP contribution in [0.5, 0.6) is 0 Å². The Kier molecular flexibility index (Phi) is 4.29. The Morgan fingerprint density at radius 1 is 1.32 bits per heavy atom. The van der Waals surface area contributed by atoms with Crippen molar-refractivity contribution in [1.82, 2.24) is 14.3 Å². The highest BCUT2D eigenvalue weighted by Gasteiger charge is 2.45. The number of rotatable bonds is 3. The Hall–Kier alpha value is -2.21. The van der Waals surface area contributed by atoms with Crippen LogP contribution in [-0.2, 0) is 16.1 Å². The van der Waals surface area contributed by atoms with E-state index in [2.05, 4.69) is 9.88 Å². The van der Waals surface area contributed by atoms with Crippen LogP contribution >= 0.6 is 0 Å². The number of likely N-dealkylation sites (tertiary alicyclic amines) is 1. The summed E-state index contributed by atoms with van der Waals surface area (Å²) in [6.07, 6.45) is 7.27. The molecule has 6 nitrogen and oxygen atoms in total. The van der Waals surface area contributed by atoms with Gasteiger partial charge in [-0.15, -0.1) is 0 Å². The minimum Gasteiger partial charge on any atom is -0.468 e. The topological polar surface area (TPSA) is 63.9 Å². The van der Waals surface area contributed by atoms with Crippen molar-refractivity contribution in [2.75, 3.05) is 7.11 Å². The molecule has 1 saturated carbocycles. The van der Waals surface area contributed by atoms with Crippen LogP contribution in [0.15, 0.2) is 35.3 Å². The molecule has 4 rings (SSSR count). The third kappa shape index (κ3) is 2.95. The van der Waals surface area contributed by atoms with Crippen LogP contribution in [0.3, 0.4) is 0 Å². The maximum Gasteiger partial charge on any atom is 0.323 e. The molecule has 3 atom stereocenters. The zero-order valence-corrected chi connectivity index (χ0v) is 14.4. The number of aromatic nitrogens is 2. The number of hydrogen-bond acceptors (Lipinski definition) is 5. The van der Waals surface area contributed by atoms with Gasteiger partial charge in [-0.2, -0.15) is 0 Å². The van der Waals surface area contributed by atoms with Crippen molar-refractivity contribution in [3.05, 3.63) is 46.5 Å². The standard InChI is InChI=1S/C19H23N3O3/c1-25-19(24)16-10-13-6-2-3-7-15(13)22(16)12-14-11-18(23)21-9-5-4-8-17(21)20-14/h4-5,8-9,11,13,15-16H,2-3,6-7,10,12H2,1H3/t13-,15-,16+/m1/s1. The van der Waals surface area contributed by atoms with Gasteiger partial charge < -0.3 is 4.74 Å². The highest BCUT2D eigenvalue weighted by molar-refractivity contribution is 5.76. The minimum absolute atomic E-state index is 0.0883. The Labute approximate surface area is 146 Å². The number of carbonyl (C=O) groups excluding carboxylic acids is 1. The van der Waals surface area contributed by atoms with E-state index in [9.17, 15) is 9.59 Å². The molecular formula is C19H23N3O3. The van der Waals surface area contributed by atoms with Gasteiger partial charge >= 0.3 is 5.97 Å². The van der Waals surface area contributed by atoms with Gasteiger partial charge in [0.25, 0.3) is 5.56 Å².